The highest BCUT2D eigenvalue weighted by atomic mass is 19.1. The van der Waals surface area contributed by atoms with Crippen molar-refractivity contribution in [2.24, 2.45) is 5.41 Å². The second kappa shape index (κ2) is 4.13. The largest absolute Gasteiger partial charge is 0.314 e. The Morgan fingerprint density at radius 1 is 1.50 bits per heavy atom. The molecule has 1 aliphatic rings. The molecule has 1 heterocycles. The third-order valence-electron chi connectivity index (χ3n) is 3.85. The van der Waals surface area contributed by atoms with Crippen LogP contribution in [0.15, 0.2) is 18.5 Å². The van der Waals surface area contributed by atoms with Crippen LogP contribution in [0, 0.1) is 11.2 Å². The van der Waals surface area contributed by atoms with Crippen LogP contribution in [0.2, 0.25) is 0 Å². The first-order valence-corrected chi connectivity index (χ1v) is 5.89. The van der Waals surface area contributed by atoms with E-state index in [1.807, 2.05) is 0 Å². The van der Waals surface area contributed by atoms with E-state index in [-0.39, 0.29) is 11.2 Å². The minimum absolute atomic E-state index is 0.186. The molecule has 2 nitrogen and oxygen atoms in total. The van der Waals surface area contributed by atoms with Gasteiger partial charge in [-0.3, -0.25) is 4.98 Å². The van der Waals surface area contributed by atoms with Gasteiger partial charge in [0.05, 0.1) is 6.20 Å². The van der Waals surface area contributed by atoms with Gasteiger partial charge < -0.3 is 5.32 Å². The molecule has 3 heteroatoms. The number of hydrogen-bond acceptors (Lipinski definition) is 2. The summed E-state index contributed by atoms with van der Waals surface area (Å²) in [6.45, 7) is 7.58. The topological polar surface area (TPSA) is 24.9 Å². The Balaban J connectivity index is 2.14. The Bertz CT molecular complexity index is 376. The molecule has 16 heavy (non-hydrogen) atoms. The molecule has 1 aliphatic carbocycles. The molecule has 0 radical (unpaired) electrons. The summed E-state index contributed by atoms with van der Waals surface area (Å²) in [4.78, 5) is 3.93. The Morgan fingerprint density at radius 3 is 2.81 bits per heavy atom. The number of pyridine rings is 1. The highest BCUT2D eigenvalue weighted by Crippen LogP contribution is 2.52. The fourth-order valence-corrected chi connectivity index (χ4v) is 2.70. The van der Waals surface area contributed by atoms with Crippen LogP contribution in [0.5, 0.6) is 0 Å². The van der Waals surface area contributed by atoms with Crippen molar-refractivity contribution >= 4 is 0 Å². The van der Waals surface area contributed by atoms with Gasteiger partial charge in [-0.05, 0) is 35.9 Å². The lowest BCUT2D eigenvalue weighted by molar-refractivity contribution is 0.0702. The molecular formula is C13H19FN2. The summed E-state index contributed by atoms with van der Waals surface area (Å²) in [5.74, 6) is 0.181. The van der Waals surface area contributed by atoms with Crippen LogP contribution in [0.1, 0.15) is 38.7 Å². The lowest BCUT2D eigenvalue weighted by Gasteiger charge is -2.52. The van der Waals surface area contributed by atoms with Crippen molar-refractivity contribution < 1.29 is 4.39 Å². The van der Waals surface area contributed by atoms with Crippen molar-refractivity contribution in [2.45, 2.75) is 39.2 Å². The summed E-state index contributed by atoms with van der Waals surface area (Å²) in [6.07, 6.45) is 4.13. The highest BCUT2D eigenvalue weighted by molar-refractivity contribution is 5.25. The Hall–Kier alpha value is -0.960. The summed E-state index contributed by atoms with van der Waals surface area (Å²) in [7, 11) is 0. The SMILES string of the molecule is CCNC1CC(c2cncc(F)c2)C1(C)C. The maximum Gasteiger partial charge on any atom is 0.141 e. The number of nitrogens with one attached hydrogen (secondary N) is 1. The van der Waals surface area contributed by atoms with Crippen LogP contribution in [0.4, 0.5) is 4.39 Å². The Morgan fingerprint density at radius 2 is 2.25 bits per heavy atom. The van der Waals surface area contributed by atoms with Crippen molar-refractivity contribution in [3.05, 3.63) is 29.8 Å². The summed E-state index contributed by atoms with van der Waals surface area (Å²) >= 11 is 0. The Kier molecular flexibility index (Phi) is 2.98. The normalized spacial score (nSPS) is 27.5. The third kappa shape index (κ3) is 1.84. The minimum atomic E-state index is -0.236. The molecule has 0 aromatic carbocycles. The van der Waals surface area contributed by atoms with E-state index in [1.165, 1.54) is 6.20 Å². The first-order chi connectivity index (χ1) is 7.55. The maximum absolute atomic E-state index is 13.1. The van der Waals surface area contributed by atoms with Gasteiger partial charge in [0.25, 0.3) is 0 Å². The van der Waals surface area contributed by atoms with Gasteiger partial charge in [0.1, 0.15) is 5.82 Å². The van der Waals surface area contributed by atoms with Crippen LogP contribution < -0.4 is 5.32 Å². The predicted octanol–water partition coefficient (Wildman–Crippen LogP) is 2.71. The fourth-order valence-electron chi connectivity index (χ4n) is 2.70. The number of hydrogen-bond donors (Lipinski definition) is 1. The van der Waals surface area contributed by atoms with Gasteiger partial charge in [-0.1, -0.05) is 20.8 Å². The molecule has 1 saturated carbocycles. The van der Waals surface area contributed by atoms with E-state index < -0.39 is 0 Å². The van der Waals surface area contributed by atoms with Crippen molar-refractivity contribution in [1.29, 1.82) is 0 Å². The van der Waals surface area contributed by atoms with Crippen LogP contribution in [0.3, 0.4) is 0 Å². The fraction of sp³-hybridized carbons (Fsp3) is 0.615. The zero-order valence-corrected chi connectivity index (χ0v) is 10.1. The molecule has 1 N–H and O–H groups in total. The van der Waals surface area contributed by atoms with Crippen molar-refractivity contribution in [3.63, 3.8) is 0 Å². The van der Waals surface area contributed by atoms with E-state index in [0.717, 1.165) is 18.5 Å². The molecule has 2 unspecified atom stereocenters. The first-order valence-electron chi connectivity index (χ1n) is 5.89. The van der Waals surface area contributed by atoms with Crippen molar-refractivity contribution in [3.8, 4) is 0 Å². The Labute approximate surface area is 96.3 Å². The molecule has 1 aromatic heterocycles. The average Bonchev–Trinajstić information content (AvgIpc) is 2.23. The van der Waals surface area contributed by atoms with Crippen LogP contribution in [-0.4, -0.2) is 17.6 Å². The van der Waals surface area contributed by atoms with Crippen LogP contribution >= 0.6 is 0 Å². The molecule has 2 atom stereocenters. The standard InChI is InChI=1S/C13H19FN2/c1-4-16-12-6-11(13(12,2)3)9-5-10(14)8-15-7-9/h5,7-8,11-12,16H,4,6H2,1-3H3. The molecule has 88 valence electrons. The van der Waals surface area contributed by atoms with Crippen molar-refractivity contribution in [1.82, 2.24) is 10.3 Å². The van der Waals surface area contributed by atoms with Gasteiger partial charge in [0.15, 0.2) is 0 Å². The van der Waals surface area contributed by atoms with Gasteiger partial charge in [0.2, 0.25) is 0 Å². The molecule has 2 rings (SSSR count). The first kappa shape index (κ1) is 11.5. The second-order valence-corrected chi connectivity index (χ2v) is 5.16. The molecular weight excluding hydrogens is 203 g/mol. The minimum Gasteiger partial charge on any atom is -0.314 e. The zero-order chi connectivity index (χ0) is 11.8. The smallest absolute Gasteiger partial charge is 0.141 e. The number of nitrogens with zero attached hydrogens (tertiary/aromatic N) is 1. The van der Waals surface area contributed by atoms with Gasteiger partial charge >= 0.3 is 0 Å². The zero-order valence-electron chi connectivity index (χ0n) is 10.1. The molecule has 0 saturated heterocycles. The third-order valence-corrected chi connectivity index (χ3v) is 3.85. The number of halogens is 1. The van der Waals surface area contributed by atoms with Gasteiger partial charge in [0, 0.05) is 12.2 Å². The van der Waals surface area contributed by atoms with Crippen LogP contribution in [0.25, 0.3) is 0 Å². The lowest BCUT2D eigenvalue weighted by atomic mass is 9.56. The number of rotatable bonds is 3. The van der Waals surface area contributed by atoms with E-state index >= 15 is 0 Å². The highest BCUT2D eigenvalue weighted by Gasteiger charge is 2.48. The number of aromatic nitrogens is 1. The van der Waals surface area contributed by atoms with E-state index in [9.17, 15) is 4.39 Å². The predicted molar refractivity (Wildman–Crippen MR) is 62.8 cm³/mol. The maximum atomic E-state index is 13.1. The molecule has 0 amide bonds. The van der Waals surface area contributed by atoms with Gasteiger partial charge in [-0.25, -0.2) is 4.39 Å². The molecule has 1 aromatic rings. The summed E-state index contributed by atoms with van der Waals surface area (Å²) < 4.78 is 13.1. The summed E-state index contributed by atoms with van der Waals surface area (Å²) in [5.41, 5.74) is 1.21. The lowest BCUT2D eigenvalue weighted by Crippen LogP contribution is -2.55. The molecule has 0 bridgehead atoms. The quantitative estimate of drug-likeness (QED) is 0.850. The molecule has 0 aliphatic heterocycles. The van der Waals surface area contributed by atoms with Gasteiger partial charge in [-0.15, -0.1) is 0 Å². The van der Waals surface area contributed by atoms with Crippen LogP contribution in [-0.2, 0) is 0 Å². The summed E-state index contributed by atoms with van der Waals surface area (Å²) in [5, 5.41) is 3.47. The van der Waals surface area contributed by atoms with Crippen molar-refractivity contribution in [2.75, 3.05) is 6.54 Å². The van der Waals surface area contributed by atoms with E-state index in [2.05, 4.69) is 31.1 Å². The van der Waals surface area contributed by atoms with Gasteiger partial charge in [-0.2, -0.15) is 0 Å². The second-order valence-electron chi connectivity index (χ2n) is 5.16. The average molecular weight is 222 g/mol. The monoisotopic (exact) mass is 222 g/mol. The summed E-state index contributed by atoms with van der Waals surface area (Å²) in [6, 6.07) is 2.15. The van der Waals surface area contributed by atoms with E-state index in [0.29, 0.717) is 12.0 Å². The van der Waals surface area contributed by atoms with E-state index in [4.69, 9.17) is 0 Å². The van der Waals surface area contributed by atoms with E-state index in [1.54, 1.807) is 12.3 Å². The molecule has 1 fully saturated rings. The molecule has 0 spiro atoms.